The minimum Gasteiger partial charge on any atom is -0.335 e. The highest BCUT2D eigenvalue weighted by Crippen LogP contribution is 2.39. The third-order valence-electron chi connectivity index (χ3n) is 6.32. The molecule has 0 spiro atoms. The lowest BCUT2D eigenvalue weighted by Crippen LogP contribution is -2.41. The number of benzene rings is 2. The van der Waals surface area contributed by atoms with Gasteiger partial charge in [0.2, 0.25) is 0 Å². The number of hydrogen-bond donors (Lipinski definition) is 2. The Labute approximate surface area is 176 Å². The molecule has 1 aliphatic carbocycles. The fraction of sp³-hybridized carbons (Fsp3) is 0.360. The van der Waals surface area contributed by atoms with E-state index in [1.54, 1.807) is 12.1 Å². The highest BCUT2D eigenvalue weighted by Gasteiger charge is 2.28. The summed E-state index contributed by atoms with van der Waals surface area (Å²) < 4.78 is 13.8. The molecule has 0 radical (unpaired) electrons. The summed E-state index contributed by atoms with van der Waals surface area (Å²) in [5, 5.41) is 6.92. The number of fused-ring (bicyclic) bond motifs is 1. The Morgan fingerprint density at radius 2 is 1.80 bits per heavy atom. The van der Waals surface area contributed by atoms with Crippen molar-refractivity contribution in [1.82, 2.24) is 10.3 Å². The van der Waals surface area contributed by atoms with Crippen LogP contribution in [0.15, 0.2) is 54.7 Å². The number of rotatable bonds is 4. The average molecular weight is 406 g/mol. The molecule has 1 fully saturated rings. The lowest BCUT2D eigenvalue weighted by Gasteiger charge is -2.33. The summed E-state index contributed by atoms with van der Waals surface area (Å²) in [6, 6.07) is 14.6. The van der Waals surface area contributed by atoms with Gasteiger partial charge in [0.1, 0.15) is 5.82 Å². The number of nitrogens with zero attached hydrogens (tertiary/aromatic N) is 1. The van der Waals surface area contributed by atoms with E-state index in [-0.39, 0.29) is 17.9 Å². The molecule has 0 aliphatic heterocycles. The van der Waals surface area contributed by atoms with Gasteiger partial charge in [-0.05, 0) is 93.3 Å². The maximum Gasteiger partial charge on any atom is 0.319 e. The van der Waals surface area contributed by atoms with Gasteiger partial charge in [-0.2, -0.15) is 0 Å². The third kappa shape index (κ3) is 4.61. The first-order valence-corrected chi connectivity index (χ1v) is 10.7. The number of nitrogens with one attached hydrogen (secondary N) is 2. The van der Waals surface area contributed by atoms with E-state index in [2.05, 4.69) is 22.5 Å². The van der Waals surface area contributed by atoms with E-state index in [9.17, 15) is 9.18 Å². The van der Waals surface area contributed by atoms with Gasteiger partial charge in [0, 0.05) is 23.3 Å². The zero-order valence-electron chi connectivity index (χ0n) is 17.5. The summed E-state index contributed by atoms with van der Waals surface area (Å²) in [4.78, 5) is 16.7. The summed E-state index contributed by atoms with van der Waals surface area (Å²) in [6.07, 6.45) is 5.96. The molecule has 2 N–H and O–H groups in total. The monoisotopic (exact) mass is 405 g/mol. The minimum absolute atomic E-state index is 0.100. The van der Waals surface area contributed by atoms with Crippen LogP contribution in [-0.4, -0.2) is 17.1 Å². The average Bonchev–Trinajstić information content (AvgIpc) is 2.75. The first kappa shape index (κ1) is 20.3. The van der Waals surface area contributed by atoms with Gasteiger partial charge in [0.15, 0.2) is 0 Å². The van der Waals surface area contributed by atoms with Crippen LogP contribution in [0.25, 0.3) is 10.9 Å². The van der Waals surface area contributed by atoms with Crippen molar-refractivity contribution in [2.75, 3.05) is 5.32 Å². The Bertz CT molecular complexity index is 1030. The van der Waals surface area contributed by atoms with Crippen molar-refractivity contribution in [3.05, 3.63) is 71.7 Å². The number of aryl methyl sites for hydroxylation is 1. The molecule has 5 heteroatoms. The van der Waals surface area contributed by atoms with Crippen molar-refractivity contribution in [3.63, 3.8) is 0 Å². The lowest BCUT2D eigenvalue weighted by molar-refractivity contribution is 0.231. The van der Waals surface area contributed by atoms with Crippen LogP contribution in [0, 0.1) is 18.7 Å². The van der Waals surface area contributed by atoms with Gasteiger partial charge in [-0.3, -0.25) is 4.98 Å². The van der Waals surface area contributed by atoms with Crippen LogP contribution < -0.4 is 10.6 Å². The van der Waals surface area contributed by atoms with Gasteiger partial charge < -0.3 is 10.6 Å². The second-order valence-corrected chi connectivity index (χ2v) is 8.43. The van der Waals surface area contributed by atoms with E-state index < -0.39 is 0 Å². The summed E-state index contributed by atoms with van der Waals surface area (Å²) in [5.41, 5.74) is 4.00. The van der Waals surface area contributed by atoms with Gasteiger partial charge in [-0.25, -0.2) is 9.18 Å². The highest BCUT2D eigenvalue weighted by atomic mass is 19.1. The molecule has 4 nitrogen and oxygen atoms in total. The van der Waals surface area contributed by atoms with Crippen molar-refractivity contribution in [1.29, 1.82) is 0 Å². The molecule has 1 aliphatic rings. The van der Waals surface area contributed by atoms with Gasteiger partial charge in [0.25, 0.3) is 0 Å². The summed E-state index contributed by atoms with van der Waals surface area (Å²) in [6.45, 7) is 4.10. The van der Waals surface area contributed by atoms with Crippen molar-refractivity contribution in [2.24, 2.45) is 5.92 Å². The van der Waals surface area contributed by atoms with Gasteiger partial charge in [-0.15, -0.1) is 0 Å². The number of anilines is 1. The van der Waals surface area contributed by atoms with Gasteiger partial charge in [0.05, 0.1) is 5.52 Å². The number of carbonyl (C=O) groups is 1. The first-order chi connectivity index (χ1) is 14.5. The van der Waals surface area contributed by atoms with Crippen LogP contribution in [0.1, 0.15) is 49.7 Å². The molecule has 0 bridgehead atoms. The number of amides is 2. The van der Waals surface area contributed by atoms with Crippen LogP contribution in [0.4, 0.5) is 14.9 Å². The standard InChI is InChI=1S/C25H28FN3O/c1-16-3-10-21(11-4-16)29-25(30)28-17(2)18-5-7-19(8-6-18)22-13-14-27-24-12-9-20(26)15-23(22)24/h3-4,9-15,17-19H,5-8H2,1-2H3,(H2,28,29,30). The number of aromatic nitrogens is 1. The Morgan fingerprint density at radius 3 is 2.53 bits per heavy atom. The molecular formula is C25H28FN3O. The topological polar surface area (TPSA) is 54.0 Å². The predicted molar refractivity (Wildman–Crippen MR) is 119 cm³/mol. The smallest absolute Gasteiger partial charge is 0.319 e. The summed E-state index contributed by atoms with van der Waals surface area (Å²) in [7, 11) is 0. The third-order valence-corrected chi connectivity index (χ3v) is 6.32. The van der Waals surface area contributed by atoms with Gasteiger partial charge in [-0.1, -0.05) is 17.7 Å². The Morgan fingerprint density at radius 1 is 1.07 bits per heavy atom. The highest BCUT2D eigenvalue weighted by molar-refractivity contribution is 5.89. The van der Waals surface area contributed by atoms with Crippen LogP contribution in [0.5, 0.6) is 0 Å². The molecule has 4 rings (SSSR count). The number of urea groups is 1. The second kappa shape index (κ2) is 8.82. The predicted octanol–water partition coefficient (Wildman–Crippen LogP) is 6.17. The number of carbonyl (C=O) groups excluding carboxylic acids is 1. The van der Waals surface area contributed by atoms with Crippen LogP contribution in [0.2, 0.25) is 0 Å². The SMILES string of the molecule is Cc1ccc(NC(=O)NC(C)C2CCC(c3ccnc4ccc(F)cc34)CC2)cc1. The molecule has 1 atom stereocenters. The maximum absolute atomic E-state index is 13.8. The Kier molecular flexibility index (Phi) is 5.98. The van der Waals surface area contributed by atoms with E-state index in [4.69, 9.17) is 0 Å². The molecule has 1 saturated carbocycles. The molecule has 30 heavy (non-hydrogen) atoms. The van der Waals surface area contributed by atoms with E-state index in [0.717, 1.165) is 47.8 Å². The van der Waals surface area contributed by atoms with E-state index in [0.29, 0.717) is 11.8 Å². The zero-order chi connectivity index (χ0) is 21.1. The van der Waals surface area contributed by atoms with Crippen molar-refractivity contribution >= 4 is 22.6 Å². The molecule has 1 unspecified atom stereocenters. The molecule has 0 saturated heterocycles. The lowest BCUT2D eigenvalue weighted by atomic mass is 9.75. The van der Waals surface area contributed by atoms with E-state index >= 15 is 0 Å². The Balaban J connectivity index is 1.34. The van der Waals surface area contributed by atoms with Crippen LogP contribution in [0.3, 0.4) is 0 Å². The summed E-state index contributed by atoms with van der Waals surface area (Å²) in [5.74, 6) is 0.625. The van der Waals surface area contributed by atoms with Crippen molar-refractivity contribution in [2.45, 2.75) is 51.5 Å². The normalized spacial score (nSPS) is 20.0. The quantitative estimate of drug-likeness (QED) is 0.546. The first-order valence-electron chi connectivity index (χ1n) is 10.7. The fourth-order valence-electron chi connectivity index (χ4n) is 4.55. The molecule has 2 aromatic carbocycles. The van der Waals surface area contributed by atoms with Crippen molar-refractivity contribution < 1.29 is 9.18 Å². The zero-order valence-corrected chi connectivity index (χ0v) is 17.5. The maximum atomic E-state index is 13.8. The van der Waals surface area contributed by atoms with E-state index in [1.807, 2.05) is 43.5 Å². The van der Waals surface area contributed by atoms with Gasteiger partial charge >= 0.3 is 6.03 Å². The fourth-order valence-corrected chi connectivity index (χ4v) is 4.55. The molecule has 1 heterocycles. The molecule has 1 aromatic heterocycles. The molecule has 156 valence electrons. The Hall–Kier alpha value is -2.95. The van der Waals surface area contributed by atoms with Crippen LogP contribution in [-0.2, 0) is 0 Å². The number of pyridine rings is 1. The van der Waals surface area contributed by atoms with E-state index in [1.165, 1.54) is 11.6 Å². The molecule has 2 amide bonds. The van der Waals surface area contributed by atoms with Crippen molar-refractivity contribution in [3.8, 4) is 0 Å². The number of hydrogen-bond acceptors (Lipinski definition) is 2. The minimum atomic E-state index is -0.220. The second-order valence-electron chi connectivity index (χ2n) is 8.43. The molecular weight excluding hydrogens is 377 g/mol. The molecule has 3 aromatic rings. The largest absolute Gasteiger partial charge is 0.335 e. The number of halogens is 1. The van der Waals surface area contributed by atoms with Crippen LogP contribution >= 0.6 is 0 Å². The summed E-state index contributed by atoms with van der Waals surface area (Å²) >= 11 is 0.